The van der Waals surface area contributed by atoms with Crippen molar-refractivity contribution in [2.24, 2.45) is 0 Å². The molecule has 2 heterocycles. The molecule has 0 radical (unpaired) electrons. The lowest BCUT2D eigenvalue weighted by Crippen LogP contribution is -2.52. The van der Waals surface area contributed by atoms with E-state index in [1.807, 2.05) is 0 Å². The normalized spacial score (nSPS) is 21.1. The Morgan fingerprint density at radius 3 is 2.76 bits per heavy atom. The number of nitrogens with one attached hydrogen (secondary N) is 3. The van der Waals surface area contributed by atoms with E-state index < -0.39 is 29.1 Å². The predicted molar refractivity (Wildman–Crippen MR) is 117 cm³/mol. The van der Waals surface area contributed by atoms with Crippen molar-refractivity contribution < 1.29 is 32.6 Å². The lowest BCUT2D eigenvalue weighted by atomic mass is 9.98. The van der Waals surface area contributed by atoms with Gasteiger partial charge in [-0.05, 0) is 55.7 Å². The van der Waals surface area contributed by atoms with E-state index in [0.29, 0.717) is 41.0 Å². The van der Waals surface area contributed by atoms with Crippen molar-refractivity contribution in [1.29, 1.82) is 0 Å². The Hall–Kier alpha value is -3.53. The molecular weight excluding hydrogens is 439 g/mol. The molecule has 1 atom stereocenters. The Morgan fingerprint density at radius 1 is 1.24 bits per heavy atom. The van der Waals surface area contributed by atoms with E-state index in [-0.39, 0.29) is 19.0 Å². The van der Waals surface area contributed by atoms with Crippen molar-refractivity contribution in [2.75, 3.05) is 29.2 Å². The fourth-order valence-corrected chi connectivity index (χ4v) is 3.71. The first-order chi connectivity index (χ1) is 15.6. The van der Waals surface area contributed by atoms with Gasteiger partial charge in [0.2, 0.25) is 5.91 Å². The van der Waals surface area contributed by atoms with Crippen molar-refractivity contribution in [3.05, 3.63) is 53.6 Å². The maximum atomic E-state index is 13.0. The molecule has 0 saturated heterocycles. The van der Waals surface area contributed by atoms with E-state index in [4.69, 9.17) is 4.74 Å². The van der Waals surface area contributed by atoms with Crippen molar-refractivity contribution >= 4 is 34.4 Å². The maximum absolute atomic E-state index is 13.0. The molecule has 0 fully saturated rings. The number of ether oxygens (including phenoxy) is 1. The number of halogens is 3. The first kappa shape index (κ1) is 22.7. The Bertz CT molecular complexity index is 1150. The summed E-state index contributed by atoms with van der Waals surface area (Å²) in [6, 6.07) is 8.12. The number of anilines is 3. The molecule has 10 heteroatoms. The highest BCUT2D eigenvalue weighted by atomic mass is 19.4. The predicted octanol–water partition coefficient (Wildman–Crippen LogP) is 4.02. The van der Waals surface area contributed by atoms with Crippen LogP contribution in [0.2, 0.25) is 0 Å². The highest BCUT2D eigenvalue weighted by Gasteiger charge is 2.37. The average Bonchev–Trinajstić information content (AvgIpc) is 2.96. The van der Waals surface area contributed by atoms with Crippen LogP contribution in [0.15, 0.2) is 42.5 Å². The van der Waals surface area contributed by atoms with Gasteiger partial charge < -0.3 is 25.8 Å². The number of hydrogen-bond acceptors (Lipinski definition) is 5. The molecule has 0 spiro atoms. The number of carbonyl (C=O) groups excluding carboxylic acids is 2. The maximum Gasteiger partial charge on any atom is 0.416 e. The number of alkyl halides is 3. The van der Waals surface area contributed by atoms with E-state index >= 15 is 0 Å². The lowest BCUT2D eigenvalue weighted by molar-refractivity contribution is -0.137. The number of aliphatic hydroxyl groups is 1. The third-order valence-electron chi connectivity index (χ3n) is 5.57. The molecule has 1 unspecified atom stereocenters. The minimum Gasteiger partial charge on any atom is -0.493 e. The number of fused-ring (bicyclic) bond motifs is 2. The standard InChI is InChI=1S/C23H22F3N3O4/c1-22(12-30)21(32)28-18-11-15(5-7-17(18)29-22)27-20(31)9-13-3-2-8-33-19-10-14(23(24,25)26)4-6-16(13)19/h4-7,9-11,29-30H,2-3,8,12H2,1H3,(H,27,31)(H,28,32)/b13-9+. The summed E-state index contributed by atoms with van der Waals surface area (Å²) >= 11 is 0. The number of carbonyl (C=O) groups is 2. The van der Waals surface area contributed by atoms with Gasteiger partial charge in [0.15, 0.2) is 0 Å². The van der Waals surface area contributed by atoms with E-state index in [1.165, 1.54) is 12.1 Å². The van der Waals surface area contributed by atoms with Gasteiger partial charge in [0, 0.05) is 17.3 Å². The monoisotopic (exact) mass is 461 g/mol. The molecule has 0 saturated carbocycles. The van der Waals surface area contributed by atoms with Gasteiger partial charge in [0.05, 0.1) is 30.2 Å². The van der Waals surface area contributed by atoms with E-state index in [0.717, 1.165) is 12.1 Å². The van der Waals surface area contributed by atoms with Crippen LogP contribution >= 0.6 is 0 Å². The summed E-state index contributed by atoms with van der Waals surface area (Å²) < 4.78 is 44.6. The Balaban J connectivity index is 1.55. The van der Waals surface area contributed by atoms with Crippen LogP contribution in [-0.4, -0.2) is 35.7 Å². The fraction of sp³-hybridized carbons (Fsp3) is 0.304. The van der Waals surface area contributed by atoms with Crippen LogP contribution in [-0.2, 0) is 15.8 Å². The average molecular weight is 461 g/mol. The number of hydrogen-bond donors (Lipinski definition) is 4. The molecule has 2 aliphatic heterocycles. The van der Waals surface area contributed by atoms with Gasteiger partial charge in [0.25, 0.3) is 5.91 Å². The second kappa shape index (κ2) is 8.43. The summed E-state index contributed by atoms with van der Waals surface area (Å²) in [6.45, 7) is 1.43. The smallest absolute Gasteiger partial charge is 0.416 e. The van der Waals surface area contributed by atoms with Crippen molar-refractivity contribution in [1.82, 2.24) is 0 Å². The summed E-state index contributed by atoms with van der Waals surface area (Å²) in [5.74, 6) is -0.778. The van der Waals surface area contributed by atoms with Crippen LogP contribution in [0.1, 0.15) is 30.9 Å². The molecule has 0 aliphatic carbocycles. The Morgan fingerprint density at radius 2 is 2.03 bits per heavy atom. The minimum atomic E-state index is -4.49. The molecule has 33 heavy (non-hydrogen) atoms. The van der Waals surface area contributed by atoms with Crippen LogP contribution in [0.25, 0.3) is 5.57 Å². The molecule has 2 aliphatic rings. The zero-order valence-corrected chi connectivity index (χ0v) is 17.7. The van der Waals surface area contributed by atoms with Crippen molar-refractivity contribution in [2.45, 2.75) is 31.5 Å². The summed E-state index contributed by atoms with van der Waals surface area (Å²) in [7, 11) is 0. The third-order valence-corrected chi connectivity index (χ3v) is 5.57. The van der Waals surface area contributed by atoms with Gasteiger partial charge >= 0.3 is 6.18 Å². The second-order valence-corrected chi connectivity index (χ2v) is 8.15. The third kappa shape index (κ3) is 4.65. The van der Waals surface area contributed by atoms with Gasteiger partial charge in [-0.15, -0.1) is 0 Å². The van der Waals surface area contributed by atoms with Gasteiger partial charge in [0.1, 0.15) is 11.3 Å². The number of aliphatic hydroxyl groups excluding tert-OH is 1. The van der Waals surface area contributed by atoms with Crippen molar-refractivity contribution in [3.8, 4) is 5.75 Å². The Kier molecular flexibility index (Phi) is 5.79. The first-order valence-electron chi connectivity index (χ1n) is 10.3. The van der Waals surface area contributed by atoms with Crippen LogP contribution in [0.5, 0.6) is 5.75 Å². The van der Waals surface area contributed by atoms with E-state index in [9.17, 15) is 27.9 Å². The van der Waals surface area contributed by atoms with Crippen LogP contribution < -0.4 is 20.7 Å². The molecule has 2 aromatic carbocycles. The van der Waals surface area contributed by atoms with Crippen molar-refractivity contribution in [3.63, 3.8) is 0 Å². The number of rotatable bonds is 3. The number of benzene rings is 2. The number of allylic oxidation sites excluding steroid dienone is 1. The highest BCUT2D eigenvalue weighted by Crippen LogP contribution is 2.38. The van der Waals surface area contributed by atoms with Crippen LogP contribution in [0, 0.1) is 0 Å². The van der Waals surface area contributed by atoms with Crippen LogP contribution in [0.4, 0.5) is 30.2 Å². The first-order valence-corrected chi connectivity index (χ1v) is 10.3. The van der Waals surface area contributed by atoms with Crippen LogP contribution in [0.3, 0.4) is 0 Å². The van der Waals surface area contributed by atoms with Gasteiger partial charge in [-0.2, -0.15) is 13.2 Å². The van der Waals surface area contributed by atoms with E-state index in [1.54, 1.807) is 25.1 Å². The summed E-state index contributed by atoms with van der Waals surface area (Å²) in [6.07, 6.45) is -2.12. The second-order valence-electron chi connectivity index (χ2n) is 8.15. The summed E-state index contributed by atoms with van der Waals surface area (Å²) in [5, 5.41) is 17.8. The molecule has 0 bridgehead atoms. The summed E-state index contributed by atoms with van der Waals surface area (Å²) in [5.41, 5.74) is 0.517. The topological polar surface area (TPSA) is 99.7 Å². The molecule has 0 aromatic heterocycles. The zero-order chi connectivity index (χ0) is 23.8. The highest BCUT2D eigenvalue weighted by molar-refractivity contribution is 6.08. The molecule has 4 rings (SSSR count). The van der Waals surface area contributed by atoms with Gasteiger partial charge in [-0.1, -0.05) is 6.07 Å². The van der Waals surface area contributed by atoms with Gasteiger partial charge in [-0.3, -0.25) is 9.59 Å². The largest absolute Gasteiger partial charge is 0.493 e. The molecule has 174 valence electrons. The molecule has 2 aromatic rings. The molecule has 4 N–H and O–H groups in total. The van der Waals surface area contributed by atoms with E-state index in [2.05, 4.69) is 16.0 Å². The fourth-order valence-electron chi connectivity index (χ4n) is 3.71. The molecule has 7 nitrogen and oxygen atoms in total. The Labute approximate surface area is 187 Å². The number of amides is 2. The lowest BCUT2D eigenvalue weighted by Gasteiger charge is -2.34. The molecule has 2 amide bonds. The quantitative estimate of drug-likeness (QED) is 0.518. The van der Waals surface area contributed by atoms with Gasteiger partial charge in [-0.25, -0.2) is 0 Å². The minimum absolute atomic E-state index is 0.0934. The molecular formula is C23H22F3N3O4. The SMILES string of the molecule is CC1(CO)Nc2ccc(NC(=O)/C=C3\CCCOc4cc(C(F)(F)F)ccc43)cc2NC1=O. The summed E-state index contributed by atoms with van der Waals surface area (Å²) in [4.78, 5) is 24.9. The zero-order valence-electron chi connectivity index (χ0n) is 17.7.